The number of likely N-dealkylation sites (N-methyl/N-ethyl adjacent to an activating group) is 1. The highest BCUT2D eigenvalue weighted by molar-refractivity contribution is 5.98. The van der Waals surface area contributed by atoms with Gasteiger partial charge in [-0.3, -0.25) is 9.59 Å². The molecular weight excluding hydrogens is 348 g/mol. The lowest BCUT2D eigenvalue weighted by molar-refractivity contribution is -0.140. The number of hydrogen-bond acceptors (Lipinski definition) is 5. The molecule has 0 spiro atoms. The molecule has 144 valence electrons. The lowest BCUT2D eigenvalue weighted by Crippen LogP contribution is -2.50. The number of hydrogen-bond donors (Lipinski definition) is 1. The van der Waals surface area contributed by atoms with E-state index in [9.17, 15) is 9.59 Å². The molecule has 1 aromatic heterocycles. The van der Waals surface area contributed by atoms with Gasteiger partial charge in [0.1, 0.15) is 12.7 Å². The summed E-state index contributed by atoms with van der Waals surface area (Å²) in [5, 5.41) is 7.24. The SMILES string of the molecule is CN(C)C(=O)COC1COCCC1NC(=O)c1ccccc1-n1cccn1. The minimum atomic E-state index is -0.372. The Kier molecular flexibility index (Phi) is 6.20. The fourth-order valence-corrected chi connectivity index (χ4v) is 2.87. The fraction of sp³-hybridized carbons (Fsp3) is 0.421. The van der Waals surface area contributed by atoms with Crippen molar-refractivity contribution in [3.8, 4) is 5.69 Å². The van der Waals surface area contributed by atoms with E-state index >= 15 is 0 Å². The second kappa shape index (κ2) is 8.79. The van der Waals surface area contributed by atoms with Gasteiger partial charge < -0.3 is 19.7 Å². The van der Waals surface area contributed by atoms with Crippen LogP contribution in [0.2, 0.25) is 0 Å². The summed E-state index contributed by atoms with van der Waals surface area (Å²) < 4.78 is 12.8. The van der Waals surface area contributed by atoms with Crippen molar-refractivity contribution < 1.29 is 19.1 Å². The molecule has 27 heavy (non-hydrogen) atoms. The Morgan fingerprint density at radius 3 is 2.89 bits per heavy atom. The highest BCUT2D eigenvalue weighted by atomic mass is 16.5. The van der Waals surface area contributed by atoms with Crippen LogP contribution in [0.15, 0.2) is 42.7 Å². The molecule has 0 bridgehead atoms. The highest BCUT2D eigenvalue weighted by Gasteiger charge is 2.29. The molecule has 1 saturated heterocycles. The predicted octanol–water partition coefficient (Wildman–Crippen LogP) is 0.864. The van der Waals surface area contributed by atoms with Gasteiger partial charge in [-0.05, 0) is 24.6 Å². The van der Waals surface area contributed by atoms with Crippen molar-refractivity contribution in [2.75, 3.05) is 33.9 Å². The van der Waals surface area contributed by atoms with Crippen LogP contribution in [0.1, 0.15) is 16.8 Å². The monoisotopic (exact) mass is 372 g/mol. The average Bonchev–Trinajstić information content (AvgIpc) is 3.21. The van der Waals surface area contributed by atoms with Crippen molar-refractivity contribution in [3.63, 3.8) is 0 Å². The number of para-hydroxylation sites is 1. The Hall–Kier alpha value is -2.71. The number of carbonyl (C=O) groups is 2. The first kappa shape index (κ1) is 19.1. The van der Waals surface area contributed by atoms with Crippen LogP contribution in [0, 0.1) is 0 Å². The lowest BCUT2D eigenvalue weighted by atomic mass is 10.0. The van der Waals surface area contributed by atoms with E-state index in [1.165, 1.54) is 4.90 Å². The van der Waals surface area contributed by atoms with Crippen LogP contribution in [-0.2, 0) is 14.3 Å². The molecule has 2 aromatic rings. The zero-order valence-corrected chi connectivity index (χ0v) is 15.5. The van der Waals surface area contributed by atoms with Gasteiger partial charge in [0.25, 0.3) is 5.91 Å². The van der Waals surface area contributed by atoms with Crippen molar-refractivity contribution in [3.05, 3.63) is 48.3 Å². The molecule has 0 aliphatic carbocycles. The average molecular weight is 372 g/mol. The van der Waals surface area contributed by atoms with Crippen molar-refractivity contribution in [2.45, 2.75) is 18.6 Å². The normalized spacial score (nSPS) is 19.5. The van der Waals surface area contributed by atoms with E-state index < -0.39 is 0 Å². The van der Waals surface area contributed by atoms with E-state index in [0.29, 0.717) is 30.9 Å². The van der Waals surface area contributed by atoms with Gasteiger partial charge in [-0.2, -0.15) is 5.10 Å². The molecule has 1 aliphatic rings. The Labute approximate surface area is 158 Å². The van der Waals surface area contributed by atoms with Crippen LogP contribution in [0.4, 0.5) is 0 Å². The summed E-state index contributed by atoms with van der Waals surface area (Å²) in [6, 6.07) is 8.86. The summed E-state index contributed by atoms with van der Waals surface area (Å²) >= 11 is 0. The van der Waals surface area contributed by atoms with Gasteiger partial charge in [0.05, 0.1) is 23.9 Å². The molecule has 0 radical (unpaired) electrons. The number of benzene rings is 1. The summed E-state index contributed by atoms with van der Waals surface area (Å²) in [5.41, 5.74) is 1.23. The third-order valence-corrected chi connectivity index (χ3v) is 4.44. The number of carbonyl (C=O) groups excluding carboxylic acids is 2. The molecule has 8 nitrogen and oxygen atoms in total. The van der Waals surface area contributed by atoms with Crippen molar-refractivity contribution >= 4 is 11.8 Å². The largest absolute Gasteiger partial charge is 0.379 e. The molecule has 2 amide bonds. The molecule has 0 saturated carbocycles. The van der Waals surface area contributed by atoms with Crippen molar-refractivity contribution in [1.82, 2.24) is 20.0 Å². The lowest BCUT2D eigenvalue weighted by Gasteiger charge is -2.32. The molecular formula is C19H24N4O4. The smallest absolute Gasteiger partial charge is 0.253 e. The number of nitrogens with zero attached hydrogens (tertiary/aromatic N) is 3. The second-order valence-electron chi connectivity index (χ2n) is 6.55. The maximum atomic E-state index is 12.9. The Balaban J connectivity index is 1.70. The standard InChI is InChI=1S/C19H24N4O4/c1-22(2)18(24)13-27-17-12-26-11-8-15(17)21-19(25)14-6-3-4-7-16(14)23-10-5-9-20-23/h3-7,9-10,15,17H,8,11-13H2,1-2H3,(H,21,25). The molecule has 2 unspecified atom stereocenters. The number of ether oxygens (including phenoxy) is 2. The minimum Gasteiger partial charge on any atom is -0.379 e. The number of rotatable bonds is 6. The molecule has 1 aliphatic heterocycles. The summed E-state index contributed by atoms with van der Waals surface area (Å²) in [5.74, 6) is -0.338. The molecule has 1 N–H and O–H groups in total. The van der Waals surface area contributed by atoms with Gasteiger partial charge in [0.15, 0.2) is 0 Å². The van der Waals surface area contributed by atoms with Crippen LogP contribution in [0.25, 0.3) is 5.69 Å². The summed E-state index contributed by atoms with van der Waals surface area (Å²) in [4.78, 5) is 26.1. The first-order valence-corrected chi connectivity index (χ1v) is 8.85. The molecule has 1 fully saturated rings. The zero-order chi connectivity index (χ0) is 19.2. The van der Waals surface area contributed by atoms with Gasteiger partial charge in [0, 0.05) is 33.1 Å². The van der Waals surface area contributed by atoms with Crippen LogP contribution in [-0.4, -0.2) is 72.6 Å². The van der Waals surface area contributed by atoms with Gasteiger partial charge in [-0.15, -0.1) is 0 Å². The molecule has 3 rings (SSSR count). The Morgan fingerprint density at radius 2 is 2.15 bits per heavy atom. The van der Waals surface area contributed by atoms with E-state index in [2.05, 4.69) is 10.4 Å². The molecule has 2 atom stereocenters. The Morgan fingerprint density at radius 1 is 1.33 bits per heavy atom. The quantitative estimate of drug-likeness (QED) is 0.813. The predicted molar refractivity (Wildman–Crippen MR) is 98.7 cm³/mol. The summed E-state index contributed by atoms with van der Waals surface area (Å²) in [7, 11) is 3.35. The van der Waals surface area contributed by atoms with Crippen LogP contribution in [0.5, 0.6) is 0 Å². The third-order valence-electron chi connectivity index (χ3n) is 4.44. The summed E-state index contributed by atoms with van der Waals surface area (Å²) in [6.45, 7) is 0.830. The van der Waals surface area contributed by atoms with Crippen molar-refractivity contribution in [2.24, 2.45) is 0 Å². The first-order chi connectivity index (χ1) is 13.1. The molecule has 8 heteroatoms. The third kappa shape index (κ3) is 4.72. The summed E-state index contributed by atoms with van der Waals surface area (Å²) in [6.07, 6.45) is 3.71. The Bertz CT molecular complexity index is 776. The second-order valence-corrected chi connectivity index (χ2v) is 6.55. The first-order valence-electron chi connectivity index (χ1n) is 8.85. The van der Waals surface area contributed by atoms with E-state index in [-0.39, 0.29) is 30.6 Å². The maximum absolute atomic E-state index is 12.9. The van der Waals surface area contributed by atoms with Gasteiger partial charge in [0.2, 0.25) is 5.91 Å². The van der Waals surface area contributed by atoms with Crippen molar-refractivity contribution in [1.29, 1.82) is 0 Å². The van der Waals surface area contributed by atoms with Gasteiger partial charge >= 0.3 is 0 Å². The topological polar surface area (TPSA) is 85.7 Å². The van der Waals surface area contributed by atoms with Crippen LogP contribution >= 0.6 is 0 Å². The van der Waals surface area contributed by atoms with E-state index in [0.717, 1.165) is 0 Å². The van der Waals surface area contributed by atoms with Crippen LogP contribution in [0.3, 0.4) is 0 Å². The maximum Gasteiger partial charge on any atom is 0.253 e. The van der Waals surface area contributed by atoms with E-state index in [4.69, 9.17) is 9.47 Å². The van der Waals surface area contributed by atoms with E-state index in [1.807, 2.05) is 18.2 Å². The number of amides is 2. The minimum absolute atomic E-state index is 0.0444. The van der Waals surface area contributed by atoms with Crippen LogP contribution < -0.4 is 5.32 Å². The van der Waals surface area contributed by atoms with E-state index in [1.54, 1.807) is 43.3 Å². The molecule has 1 aromatic carbocycles. The highest BCUT2D eigenvalue weighted by Crippen LogP contribution is 2.16. The number of aromatic nitrogens is 2. The molecule has 2 heterocycles. The number of nitrogens with one attached hydrogen (secondary N) is 1. The zero-order valence-electron chi connectivity index (χ0n) is 15.5. The van der Waals surface area contributed by atoms with Gasteiger partial charge in [-0.25, -0.2) is 4.68 Å². The van der Waals surface area contributed by atoms with Gasteiger partial charge in [-0.1, -0.05) is 12.1 Å². The fourth-order valence-electron chi connectivity index (χ4n) is 2.87.